The minimum absolute atomic E-state index is 0.150. The highest BCUT2D eigenvalue weighted by atomic mass is 19.4. The average molecular weight is 563 g/mol. The molecule has 7 nitrogen and oxygen atoms in total. The summed E-state index contributed by atoms with van der Waals surface area (Å²) in [6.07, 6.45) is -9.17. The van der Waals surface area contributed by atoms with Crippen LogP contribution in [0.2, 0.25) is 0 Å². The number of carbonyl (C=O) groups is 1. The Morgan fingerprint density at radius 3 is 2.36 bits per heavy atom. The Balaban J connectivity index is 1.67. The van der Waals surface area contributed by atoms with Gasteiger partial charge >= 0.3 is 6.18 Å². The van der Waals surface area contributed by atoms with Crippen LogP contribution in [0.4, 0.5) is 32.0 Å². The molecule has 2 fully saturated rings. The Morgan fingerprint density at radius 1 is 1.15 bits per heavy atom. The molecule has 39 heavy (non-hydrogen) atoms. The van der Waals surface area contributed by atoms with Crippen molar-refractivity contribution in [3.8, 4) is 5.75 Å². The lowest BCUT2D eigenvalue weighted by atomic mass is 9.76. The summed E-state index contributed by atoms with van der Waals surface area (Å²) in [5.74, 6) is -6.54. The van der Waals surface area contributed by atoms with Crippen molar-refractivity contribution in [3.63, 3.8) is 0 Å². The number of carbonyl (C=O) groups excluding carboxylic acids is 1. The van der Waals surface area contributed by atoms with E-state index in [1.165, 1.54) is 19.2 Å². The lowest BCUT2D eigenvalue weighted by Crippen LogP contribution is -2.47. The van der Waals surface area contributed by atoms with Crippen LogP contribution in [-0.2, 0) is 19.0 Å². The highest BCUT2D eigenvalue weighted by molar-refractivity contribution is 5.95. The molecule has 2 aliphatic heterocycles. The topological polar surface area (TPSA) is 78.9 Å². The standard InChI is InChI=1S/C26H28F6N2O5/c1-12-18(14-7-8-15(27)19(22(28)29)20(14)36-5)21(39-25(12,4)26(30,31)32)23(35)34-13-6-9-16(33-10-13)17-11-37-24(2,3)38-17/h6-10,12,17-18,21-22H,11H2,1-5H3,(H,34,35)/t12-,17-,18-,21+,25+/m1/s1. The molecule has 5 atom stereocenters. The SMILES string of the molecule is COc1c([C@@H]2[C@@H](C(=O)Nc3ccc([C@H]4COC(C)(C)O4)nc3)O[C@](C)(C(F)(F)F)[C@@H]2C)ccc(F)c1C(F)F. The molecular weight excluding hydrogens is 534 g/mol. The Labute approximate surface area is 220 Å². The van der Waals surface area contributed by atoms with E-state index in [1.54, 1.807) is 19.9 Å². The first kappa shape index (κ1) is 29.1. The fourth-order valence-corrected chi connectivity index (χ4v) is 5.03. The zero-order valence-corrected chi connectivity index (χ0v) is 21.7. The minimum Gasteiger partial charge on any atom is -0.496 e. The molecule has 214 valence electrons. The quantitative estimate of drug-likeness (QED) is 0.431. The summed E-state index contributed by atoms with van der Waals surface area (Å²) >= 11 is 0. The Bertz CT molecular complexity index is 1220. The van der Waals surface area contributed by atoms with Crippen molar-refractivity contribution < 1.29 is 50.1 Å². The molecular formula is C26H28F6N2O5. The minimum atomic E-state index is -4.92. The van der Waals surface area contributed by atoms with Crippen LogP contribution < -0.4 is 10.1 Å². The zero-order valence-electron chi connectivity index (χ0n) is 21.7. The Morgan fingerprint density at radius 2 is 1.85 bits per heavy atom. The van der Waals surface area contributed by atoms with Crippen molar-refractivity contribution in [1.29, 1.82) is 0 Å². The van der Waals surface area contributed by atoms with E-state index in [-0.39, 0.29) is 17.9 Å². The number of methoxy groups -OCH3 is 1. The summed E-state index contributed by atoms with van der Waals surface area (Å²) in [4.78, 5) is 17.6. The number of hydrogen-bond acceptors (Lipinski definition) is 6. The van der Waals surface area contributed by atoms with Crippen LogP contribution in [0, 0.1) is 11.7 Å². The van der Waals surface area contributed by atoms with Crippen LogP contribution in [0.15, 0.2) is 30.5 Å². The summed E-state index contributed by atoms with van der Waals surface area (Å²) < 4.78 is 106. The molecule has 2 saturated heterocycles. The third-order valence-corrected chi connectivity index (χ3v) is 7.27. The van der Waals surface area contributed by atoms with E-state index in [9.17, 15) is 31.1 Å². The molecule has 0 radical (unpaired) electrons. The number of pyridine rings is 1. The lowest BCUT2D eigenvalue weighted by Gasteiger charge is -2.32. The van der Waals surface area contributed by atoms with E-state index >= 15 is 0 Å². The summed E-state index contributed by atoms with van der Waals surface area (Å²) in [6, 6.07) is 4.80. The number of nitrogens with one attached hydrogen (secondary N) is 1. The highest BCUT2D eigenvalue weighted by Crippen LogP contribution is 2.55. The number of alkyl halides is 5. The van der Waals surface area contributed by atoms with E-state index in [0.29, 0.717) is 11.8 Å². The van der Waals surface area contributed by atoms with E-state index in [2.05, 4.69) is 10.3 Å². The maximum atomic E-state index is 14.2. The number of ether oxygens (including phenoxy) is 4. The average Bonchev–Trinajstić information content (AvgIpc) is 3.35. The second kappa shape index (κ2) is 10.3. The molecule has 0 aliphatic carbocycles. The van der Waals surface area contributed by atoms with E-state index < -0.39 is 71.1 Å². The fourth-order valence-electron chi connectivity index (χ4n) is 5.03. The first-order chi connectivity index (χ1) is 18.1. The molecule has 0 spiro atoms. The number of nitrogens with zero attached hydrogens (tertiary/aromatic N) is 1. The van der Waals surface area contributed by atoms with Gasteiger partial charge in [-0.3, -0.25) is 9.78 Å². The van der Waals surface area contributed by atoms with Crippen molar-refractivity contribution in [2.75, 3.05) is 19.0 Å². The van der Waals surface area contributed by atoms with Crippen molar-refractivity contribution >= 4 is 11.6 Å². The molecule has 0 bridgehead atoms. The molecule has 1 aromatic carbocycles. The molecule has 0 unspecified atom stereocenters. The van der Waals surface area contributed by atoms with Gasteiger partial charge < -0.3 is 24.3 Å². The first-order valence-electron chi connectivity index (χ1n) is 12.1. The largest absolute Gasteiger partial charge is 0.496 e. The lowest BCUT2D eigenvalue weighted by molar-refractivity contribution is -0.272. The molecule has 1 aromatic heterocycles. The molecule has 0 saturated carbocycles. The normalized spacial score (nSPS) is 28.6. The van der Waals surface area contributed by atoms with Gasteiger partial charge in [0.1, 0.15) is 23.8 Å². The van der Waals surface area contributed by atoms with Gasteiger partial charge in [0, 0.05) is 17.4 Å². The van der Waals surface area contributed by atoms with Gasteiger partial charge in [0.2, 0.25) is 0 Å². The van der Waals surface area contributed by atoms with Crippen molar-refractivity contribution in [3.05, 3.63) is 53.1 Å². The van der Waals surface area contributed by atoms with Gasteiger partial charge in [0.25, 0.3) is 12.3 Å². The number of halogens is 6. The second-order valence-electron chi connectivity index (χ2n) is 10.1. The number of anilines is 1. The number of aromatic nitrogens is 1. The van der Waals surface area contributed by atoms with E-state index in [1.807, 2.05) is 0 Å². The maximum Gasteiger partial charge on any atom is 0.417 e. The van der Waals surface area contributed by atoms with Crippen molar-refractivity contribution in [2.24, 2.45) is 5.92 Å². The molecule has 1 amide bonds. The van der Waals surface area contributed by atoms with Crippen LogP contribution in [0.25, 0.3) is 0 Å². The highest BCUT2D eigenvalue weighted by Gasteiger charge is 2.66. The molecule has 1 N–H and O–H groups in total. The monoisotopic (exact) mass is 562 g/mol. The van der Waals surface area contributed by atoms with Gasteiger partial charge in [-0.25, -0.2) is 13.2 Å². The summed E-state index contributed by atoms with van der Waals surface area (Å²) in [6.45, 7) is 5.73. The number of amides is 1. The maximum absolute atomic E-state index is 14.2. The van der Waals surface area contributed by atoms with Gasteiger partial charge in [-0.15, -0.1) is 0 Å². The fraction of sp³-hybridized carbons (Fsp3) is 0.538. The van der Waals surface area contributed by atoms with Crippen LogP contribution in [-0.4, -0.2) is 48.3 Å². The van der Waals surface area contributed by atoms with E-state index in [4.69, 9.17) is 18.9 Å². The number of hydrogen-bond donors (Lipinski definition) is 1. The molecule has 4 rings (SSSR count). The summed E-state index contributed by atoms with van der Waals surface area (Å²) in [5, 5.41) is 2.48. The first-order valence-corrected chi connectivity index (χ1v) is 12.1. The van der Waals surface area contributed by atoms with E-state index in [0.717, 1.165) is 20.1 Å². The molecule has 3 heterocycles. The van der Waals surface area contributed by atoms with Crippen molar-refractivity contribution in [2.45, 2.75) is 69.8 Å². The van der Waals surface area contributed by atoms with Gasteiger partial charge in [-0.1, -0.05) is 13.0 Å². The number of benzene rings is 1. The smallest absolute Gasteiger partial charge is 0.417 e. The van der Waals surface area contributed by atoms with Gasteiger partial charge in [-0.05, 0) is 39.0 Å². The third kappa shape index (κ3) is 5.31. The Kier molecular flexibility index (Phi) is 7.65. The summed E-state index contributed by atoms with van der Waals surface area (Å²) in [5.41, 5.74) is -3.47. The van der Waals surface area contributed by atoms with Gasteiger partial charge in [0.05, 0.1) is 36.9 Å². The van der Waals surface area contributed by atoms with Crippen molar-refractivity contribution in [1.82, 2.24) is 4.98 Å². The van der Waals surface area contributed by atoms with Gasteiger partial charge in [0.15, 0.2) is 11.4 Å². The second-order valence-corrected chi connectivity index (χ2v) is 10.1. The van der Waals surface area contributed by atoms with Crippen LogP contribution in [0.1, 0.15) is 63.0 Å². The molecule has 13 heteroatoms. The van der Waals surface area contributed by atoms with Gasteiger partial charge in [-0.2, -0.15) is 13.2 Å². The zero-order chi connectivity index (χ0) is 28.9. The molecule has 2 aromatic rings. The predicted octanol–water partition coefficient (Wildman–Crippen LogP) is 6.07. The predicted molar refractivity (Wildman–Crippen MR) is 126 cm³/mol. The number of rotatable bonds is 6. The molecule has 2 aliphatic rings. The third-order valence-electron chi connectivity index (χ3n) is 7.27. The van der Waals surface area contributed by atoms with Crippen LogP contribution in [0.5, 0.6) is 5.75 Å². The Hall–Kier alpha value is -2.90. The van der Waals surface area contributed by atoms with Crippen LogP contribution in [0.3, 0.4) is 0 Å². The van der Waals surface area contributed by atoms with Crippen LogP contribution >= 0.6 is 0 Å². The summed E-state index contributed by atoms with van der Waals surface area (Å²) in [7, 11) is 0.996.